The quantitative estimate of drug-likeness (QED) is 0.531. The van der Waals surface area contributed by atoms with Crippen LogP contribution in [0.5, 0.6) is 5.75 Å². The van der Waals surface area contributed by atoms with Gasteiger partial charge in [0, 0.05) is 11.7 Å². The summed E-state index contributed by atoms with van der Waals surface area (Å²) in [6, 6.07) is 15.6. The molecule has 2 amide bonds. The highest BCUT2D eigenvalue weighted by Crippen LogP contribution is 2.34. The summed E-state index contributed by atoms with van der Waals surface area (Å²) in [6.45, 7) is 3.96. The van der Waals surface area contributed by atoms with E-state index in [0.717, 1.165) is 36.8 Å². The molecule has 172 valence electrons. The van der Waals surface area contributed by atoms with Gasteiger partial charge < -0.3 is 14.5 Å². The van der Waals surface area contributed by atoms with E-state index in [4.69, 9.17) is 9.15 Å². The molecule has 6 nitrogen and oxygen atoms in total. The molecule has 0 bridgehead atoms. The van der Waals surface area contributed by atoms with Gasteiger partial charge in [0.2, 0.25) is 5.91 Å². The van der Waals surface area contributed by atoms with E-state index >= 15 is 0 Å². The molecule has 0 saturated heterocycles. The van der Waals surface area contributed by atoms with Crippen molar-refractivity contribution in [3.05, 3.63) is 83.3 Å². The number of nitrogens with zero attached hydrogens (tertiary/aromatic N) is 1. The van der Waals surface area contributed by atoms with Crippen LogP contribution in [0.4, 0.5) is 5.69 Å². The van der Waals surface area contributed by atoms with E-state index < -0.39 is 6.04 Å². The Morgan fingerprint density at radius 1 is 1.03 bits per heavy atom. The SMILES string of the molecule is COc1ccc(C(C(=O)NC2CCCC2)N(C(=O)c2ccco2)c2cccc(C)c2C)cc1. The van der Waals surface area contributed by atoms with Crippen LogP contribution < -0.4 is 15.0 Å². The number of carbonyl (C=O) groups excluding carboxylic acids is 2. The van der Waals surface area contributed by atoms with Crippen molar-refractivity contribution in [2.45, 2.75) is 51.6 Å². The molecule has 0 radical (unpaired) electrons. The minimum absolute atomic E-state index is 0.123. The zero-order chi connectivity index (χ0) is 23.4. The minimum Gasteiger partial charge on any atom is -0.497 e. The van der Waals surface area contributed by atoms with Gasteiger partial charge in [0.1, 0.15) is 11.8 Å². The van der Waals surface area contributed by atoms with E-state index in [0.29, 0.717) is 17.0 Å². The van der Waals surface area contributed by atoms with Crippen LogP contribution in [0.1, 0.15) is 59.0 Å². The van der Waals surface area contributed by atoms with Crippen LogP contribution in [-0.4, -0.2) is 25.0 Å². The Hall–Kier alpha value is -3.54. The number of hydrogen-bond acceptors (Lipinski definition) is 4. The maximum Gasteiger partial charge on any atom is 0.294 e. The third-order valence-corrected chi connectivity index (χ3v) is 6.43. The first-order chi connectivity index (χ1) is 16.0. The normalized spacial score (nSPS) is 14.6. The number of amides is 2. The fourth-order valence-corrected chi connectivity index (χ4v) is 4.44. The lowest BCUT2D eigenvalue weighted by Crippen LogP contribution is -2.46. The van der Waals surface area contributed by atoms with Gasteiger partial charge in [0.05, 0.1) is 13.4 Å². The molecular formula is C27H30N2O4. The smallest absolute Gasteiger partial charge is 0.294 e. The van der Waals surface area contributed by atoms with Gasteiger partial charge in [0.15, 0.2) is 5.76 Å². The third kappa shape index (κ3) is 4.80. The maximum atomic E-state index is 13.8. The molecule has 6 heteroatoms. The Balaban J connectivity index is 1.84. The number of benzene rings is 2. The minimum atomic E-state index is -0.866. The Morgan fingerprint density at radius 3 is 2.39 bits per heavy atom. The highest BCUT2D eigenvalue weighted by atomic mass is 16.5. The van der Waals surface area contributed by atoms with Gasteiger partial charge in [-0.15, -0.1) is 0 Å². The van der Waals surface area contributed by atoms with E-state index in [1.807, 2.05) is 56.3 Å². The molecule has 1 aliphatic carbocycles. The van der Waals surface area contributed by atoms with Crippen LogP contribution in [0.3, 0.4) is 0 Å². The summed E-state index contributed by atoms with van der Waals surface area (Å²) in [6.07, 6.45) is 5.58. The monoisotopic (exact) mass is 446 g/mol. The van der Waals surface area contributed by atoms with Gasteiger partial charge in [-0.25, -0.2) is 0 Å². The molecule has 1 saturated carbocycles. The fraction of sp³-hybridized carbons (Fsp3) is 0.333. The van der Waals surface area contributed by atoms with Gasteiger partial charge in [-0.05, 0) is 73.7 Å². The van der Waals surface area contributed by atoms with Crippen LogP contribution >= 0.6 is 0 Å². The summed E-state index contributed by atoms with van der Waals surface area (Å²) in [5, 5.41) is 3.20. The summed E-state index contributed by atoms with van der Waals surface area (Å²) < 4.78 is 10.8. The molecule has 1 heterocycles. The molecule has 1 fully saturated rings. The largest absolute Gasteiger partial charge is 0.497 e. The summed E-state index contributed by atoms with van der Waals surface area (Å²) in [7, 11) is 1.60. The number of methoxy groups -OCH3 is 1. The zero-order valence-corrected chi connectivity index (χ0v) is 19.3. The maximum absolute atomic E-state index is 13.8. The lowest BCUT2D eigenvalue weighted by molar-refractivity contribution is -0.123. The topological polar surface area (TPSA) is 71.8 Å². The van der Waals surface area contributed by atoms with E-state index in [9.17, 15) is 9.59 Å². The highest BCUT2D eigenvalue weighted by Gasteiger charge is 2.36. The fourth-order valence-electron chi connectivity index (χ4n) is 4.44. The van der Waals surface area contributed by atoms with Crippen LogP contribution in [0.15, 0.2) is 65.3 Å². The molecule has 1 aromatic heterocycles. The number of aryl methyl sites for hydroxylation is 1. The van der Waals surface area contributed by atoms with Gasteiger partial charge in [0.25, 0.3) is 5.91 Å². The molecule has 1 unspecified atom stereocenters. The molecular weight excluding hydrogens is 416 g/mol. The Labute approximate surface area is 194 Å². The standard InChI is InChI=1S/C27H30N2O4/c1-18-8-6-11-23(19(18)2)29(27(31)24-12-7-17-33-24)25(20-13-15-22(32-3)16-14-20)26(30)28-21-9-4-5-10-21/h6-8,11-17,21,25H,4-5,9-10H2,1-3H3,(H,28,30). The number of ether oxygens (including phenoxy) is 1. The second-order valence-corrected chi connectivity index (χ2v) is 8.54. The van der Waals surface area contributed by atoms with Crippen molar-refractivity contribution < 1.29 is 18.7 Å². The summed E-state index contributed by atoms with van der Waals surface area (Å²) in [5.74, 6) is 0.302. The molecule has 2 aromatic carbocycles. The molecule has 1 N–H and O–H groups in total. The van der Waals surface area contributed by atoms with Crippen LogP contribution in [0.2, 0.25) is 0 Å². The van der Waals surface area contributed by atoms with Crippen molar-refractivity contribution >= 4 is 17.5 Å². The average Bonchev–Trinajstić information content (AvgIpc) is 3.54. The summed E-state index contributed by atoms with van der Waals surface area (Å²) in [5.41, 5.74) is 3.35. The van der Waals surface area contributed by atoms with Crippen molar-refractivity contribution in [1.82, 2.24) is 5.32 Å². The Morgan fingerprint density at radius 2 is 1.76 bits per heavy atom. The van der Waals surface area contributed by atoms with E-state index in [1.54, 1.807) is 24.1 Å². The summed E-state index contributed by atoms with van der Waals surface area (Å²) in [4.78, 5) is 29.1. The molecule has 33 heavy (non-hydrogen) atoms. The van der Waals surface area contributed by atoms with Gasteiger partial charge in [-0.2, -0.15) is 0 Å². The van der Waals surface area contributed by atoms with Gasteiger partial charge in [-0.3, -0.25) is 14.5 Å². The summed E-state index contributed by atoms with van der Waals surface area (Å²) >= 11 is 0. The van der Waals surface area contributed by atoms with Crippen molar-refractivity contribution in [3.8, 4) is 5.75 Å². The molecule has 0 spiro atoms. The predicted molar refractivity (Wildman–Crippen MR) is 128 cm³/mol. The first kappa shape index (κ1) is 22.6. The first-order valence-corrected chi connectivity index (χ1v) is 11.4. The average molecular weight is 447 g/mol. The number of carbonyl (C=O) groups is 2. The Bertz CT molecular complexity index is 1100. The predicted octanol–water partition coefficient (Wildman–Crippen LogP) is 5.35. The number of anilines is 1. The lowest BCUT2D eigenvalue weighted by Gasteiger charge is -2.33. The van der Waals surface area contributed by atoms with Gasteiger partial charge >= 0.3 is 0 Å². The molecule has 1 atom stereocenters. The number of rotatable bonds is 7. The molecule has 4 rings (SSSR count). The molecule has 3 aromatic rings. The van der Waals surface area contributed by atoms with E-state index in [-0.39, 0.29) is 23.6 Å². The lowest BCUT2D eigenvalue weighted by atomic mass is 9.99. The van der Waals surface area contributed by atoms with Crippen molar-refractivity contribution in [1.29, 1.82) is 0 Å². The number of nitrogens with one attached hydrogen (secondary N) is 1. The second-order valence-electron chi connectivity index (χ2n) is 8.54. The first-order valence-electron chi connectivity index (χ1n) is 11.4. The number of hydrogen-bond donors (Lipinski definition) is 1. The highest BCUT2D eigenvalue weighted by molar-refractivity contribution is 6.09. The van der Waals surface area contributed by atoms with Crippen LogP contribution in [0.25, 0.3) is 0 Å². The Kier molecular flexibility index (Phi) is 6.82. The number of furan rings is 1. The second kappa shape index (κ2) is 9.94. The molecule has 1 aliphatic rings. The third-order valence-electron chi connectivity index (χ3n) is 6.43. The van der Waals surface area contributed by atoms with Crippen molar-refractivity contribution in [2.75, 3.05) is 12.0 Å². The zero-order valence-electron chi connectivity index (χ0n) is 19.3. The van der Waals surface area contributed by atoms with E-state index in [2.05, 4.69) is 5.32 Å². The van der Waals surface area contributed by atoms with Gasteiger partial charge in [-0.1, -0.05) is 37.1 Å². The van der Waals surface area contributed by atoms with Crippen molar-refractivity contribution in [2.24, 2.45) is 0 Å². The van der Waals surface area contributed by atoms with Crippen molar-refractivity contribution in [3.63, 3.8) is 0 Å². The molecule has 0 aliphatic heterocycles. The van der Waals surface area contributed by atoms with Crippen LogP contribution in [0, 0.1) is 13.8 Å². The van der Waals surface area contributed by atoms with Crippen LogP contribution in [-0.2, 0) is 4.79 Å². The van der Waals surface area contributed by atoms with E-state index in [1.165, 1.54) is 6.26 Å².